The summed E-state index contributed by atoms with van der Waals surface area (Å²) in [5.74, 6) is 1.34. The van der Waals surface area contributed by atoms with Gasteiger partial charge in [0.25, 0.3) is 0 Å². The Kier molecular flexibility index (Phi) is 3.80. The monoisotopic (exact) mass is 281 g/mol. The van der Waals surface area contributed by atoms with Gasteiger partial charge in [0.15, 0.2) is 0 Å². The Labute approximate surface area is 121 Å². The zero-order valence-corrected chi connectivity index (χ0v) is 12.7. The van der Waals surface area contributed by atoms with Crippen molar-refractivity contribution in [1.29, 1.82) is 0 Å². The zero-order valence-electron chi connectivity index (χ0n) is 12.7. The van der Waals surface area contributed by atoms with Crippen molar-refractivity contribution in [2.75, 3.05) is 19.7 Å². The maximum atomic E-state index is 12.4. The van der Waals surface area contributed by atoms with Gasteiger partial charge in [-0.25, -0.2) is 0 Å². The molecule has 4 heteroatoms. The molecule has 0 unspecified atom stereocenters. The van der Waals surface area contributed by atoms with Crippen LogP contribution >= 0.6 is 0 Å². The van der Waals surface area contributed by atoms with Gasteiger partial charge in [-0.15, -0.1) is 0 Å². The third kappa shape index (κ3) is 2.17. The minimum absolute atomic E-state index is 0.0697. The van der Waals surface area contributed by atoms with Crippen molar-refractivity contribution < 1.29 is 14.6 Å². The van der Waals surface area contributed by atoms with E-state index in [2.05, 4.69) is 6.92 Å². The summed E-state index contributed by atoms with van der Waals surface area (Å²) in [5.41, 5.74) is -0.0697. The van der Waals surface area contributed by atoms with Gasteiger partial charge in [-0.05, 0) is 38.5 Å². The molecule has 1 N–H and O–H groups in total. The minimum atomic E-state index is -0.236. The summed E-state index contributed by atoms with van der Waals surface area (Å²) in [4.78, 5) is 14.4. The van der Waals surface area contributed by atoms with Gasteiger partial charge in [0.05, 0.1) is 12.2 Å². The highest BCUT2D eigenvalue weighted by Gasteiger charge is 2.56. The highest BCUT2D eigenvalue weighted by atomic mass is 16.5. The molecule has 1 aliphatic heterocycles. The van der Waals surface area contributed by atoms with Crippen molar-refractivity contribution in [3.63, 3.8) is 0 Å². The first kappa shape index (κ1) is 14.3. The molecule has 0 aromatic rings. The number of carbonyl (C=O) groups is 1. The van der Waals surface area contributed by atoms with Crippen molar-refractivity contribution in [3.8, 4) is 0 Å². The number of amides is 1. The van der Waals surface area contributed by atoms with Crippen molar-refractivity contribution in [2.45, 2.75) is 58.2 Å². The number of rotatable bonds is 3. The summed E-state index contributed by atoms with van der Waals surface area (Å²) < 4.78 is 5.77. The van der Waals surface area contributed by atoms with Crippen LogP contribution in [-0.4, -0.2) is 47.8 Å². The molecule has 3 aliphatic rings. The van der Waals surface area contributed by atoms with E-state index in [1.165, 1.54) is 0 Å². The van der Waals surface area contributed by atoms with Gasteiger partial charge in [0.1, 0.15) is 0 Å². The van der Waals surface area contributed by atoms with E-state index < -0.39 is 0 Å². The Bertz CT molecular complexity index is 368. The number of hydrogen-bond acceptors (Lipinski definition) is 3. The fourth-order valence-electron chi connectivity index (χ4n) is 4.32. The Hall–Kier alpha value is -0.610. The largest absolute Gasteiger partial charge is 0.392 e. The molecule has 20 heavy (non-hydrogen) atoms. The minimum Gasteiger partial charge on any atom is -0.392 e. The molecular formula is C16H27NO3. The Morgan fingerprint density at radius 1 is 1.30 bits per heavy atom. The Balaban J connectivity index is 1.55. The van der Waals surface area contributed by atoms with E-state index in [1.807, 2.05) is 11.8 Å². The van der Waals surface area contributed by atoms with Crippen LogP contribution in [0, 0.1) is 17.3 Å². The number of aliphatic hydroxyl groups is 1. The molecule has 114 valence electrons. The summed E-state index contributed by atoms with van der Waals surface area (Å²) in [6.07, 6.45) is 4.64. The summed E-state index contributed by atoms with van der Waals surface area (Å²) >= 11 is 0. The zero-order chi connectivity index (χ0) is 14.3. The van der Waals surface area contributed by atoms with Crippen molar-refractivity contribution in [3.05, 3.63) is 0 Å². The lowest BCUT2D eigenvalue weighted by Crippen LogP contribution is -2.63. The van der Waals surface area contributed by atoms with E-state index in [1.54, 1.807) is 0 Å². The SMILES string of the molecule is CCO[C@@H]1C[C@H](O)C12CCN(C(=O)C1CC(C)C1)CC2. The molecule has 1 amide bonds. The molecule has 0 bridgehead atoms. The lowest BCUT2D eigenvalue weighted by atomic mass is 9.58. The van der Waals surface area contributed by atoms with Crippen LogP contribution in [-0.2, 0) is 9.53 Å². The number of hydrogen-bond donors (Lipinski definition) is 1. The van der Waals surface area contributed by atoms with Gasteiger partial charge < -0.3 is 14.7 Å². The number of likely N-dealkylation sites (tertiary alicyclic amines) is 1. The van der Waals surface area contributed by atoms with Gasteiger partial charge in [0.2, 0.25) is 5.91 Å². The first-order chi connectivity index (χ1) is 9.56. The molecule has 1 heterocycles. The molecular weight excluding hydrogens is 254 g/mol. The van der Waals surface area contributed by atoms with Crippen LogP contribution in [0.25, 0.3) is 0 Å². The summed E-state index contributed by atoms with van der Waals surface area (Å²) in [5, 5.41) is 10.2. The third-order valence-corrected chi connectivity index (χ3v) is 5.84. The fraction of sp³-hybridized carbons (Fsp3) is 0.938. The van der Waals surface area contributed by atoms with E-state index in [-0.39, 0.29) is 23.5 Å². The quantitative estimate of drug-likeness (QED) is 0.858. The first-order valence-corrected chi connectivity index (χ1v) is 8.15. The summed E-state index contributed by atoms with van der Waals surface area (Å²) in [6, 6.07) is 0. The average Bonchev–Trinajstić information content (AvgIpc) is 2.43. The smallest absolute Gasteiger partial charge is 0.225 e. The number of carbonyl (C=O) groups excluding carboxylic acids is 1. The van der Waals surface area contributed by atoms with Crippen LogP contribution in [0.4, 0.5) is 0 Å². The van der Waals surface area contributed by atoms with Gasteiger partial charge in [-0.2, -0.15) is 0 Å². The second-order valence-electron chi connectivity index (χ2n) is 7.03. The molecule has 0 aromatic heterocycles. The Morgan fingerprint density at radius 2 is 1.95 bits per heavy atom. The van der Waals surface area contributed by atoms with Crippen molar-refractivity contribution >= 4 is 5.91 Å². The van der Waals surface area contributed by atoms with Crippen molar-refractivity contribution in [2.24, 2.45) is 17.3 Å². The summed E-state index contributed by atoms with van der Waals surface area (Å²) in [7, 11) is 0. The lowest BCUT2D eigenvalue weighted by molar-refractivity contribution is -0.210. The number of piperidine rings is 1. The van der Waals surface area contributed by atoms with Crippen LogP contribution in [0.5, 0.6) is 0 Å². The predicted molar refractivity (Wildman–Crippen MR) is 76.2 cm³/mol. The maximum Gasteiger partial charge on any atom is 0.225 e. The highest BCUT2D eigenvalue weighted by molar-refractivity contribution is 5.79. The van der Waals surface area contributed by atoms with E-state index in [4.69, 9.17) is 4.74 Å². The van der Waals surface area contributed by atoms with Crippen LogP contribution in [0.1, 0.15) is 46.0 Å². The number of ether oxygens (including phenoxy) is 1. The normalized spacial score (nSPS) is 39.2. The molecule has 0 radical (unpaired) electrons. The van der Waals surface area contributed by atoms with Gasteiger partial charge in [-0.3, -0.25) is 4.79 Å². The number of aliphatic hydroxyl groups excluding tert-OH is 1. The van der Waals surface area contributed by atoms with Crippen LogP contribution in [0.3, 0.4) is 0 Å². The van der Waals surface area contributed by atoms with E-state index in [0.717, 1.165) is 51.1 Å². The second-order valence-corrected chi connectivity index (χ2v) is 7.03. The molecule has 2 saturated carbocycles. The van der Waals surface area contributed by atoms with Gasteiger partial charge in [-0.1, -0.05) is 6.92 Å². The van der Waals surface area contributed by atoms with Gasteiger partial charge >= 0.3 is 0 Å². The molecule has 1 spiro atoms. The average molecular weight is 281 g/mol. The summed E-state index contributed by atoms with van der Waals surface area (Å²) in [6.45, 7) is 6.53. The van der Waals surface area contributed by atoms with Crippen LogP contribution < -0.4 is 0 Å². The molecule has 0 aromatic carbocycles. The van der Waals surface area contributed by atoms with Crippen molar-refractivity contribution in [1.82, 2.24) is 4.90 Å². The Morgan fingerprint density at radius 3 is 2.45 bits per heavy atom. The first-order valence-electron chi connectivity index (χ1n) is 8.15. The van der Waals surface area contributed by atoms with E-state index in [9.17, 15) is 9.90 Å². The topological polar surface area (TPSA) is 49.8 Å². The molecule has 2 atom stereocenters. The van der Waals surface area contributed by atoms with Crippen LogP contribution in [0.15, 0.2) is 0 Å². The standard InChI is InChI=1S/C16H27NO3/c1-3-20-14-10-13(18)16(14)4-6-17(7-5-16)15(19)12-8-11(2)9-12/h11-14,18H,3-10H2,1-2H3/t11?,12?,13-,14+/m0/s1. The highest BCUT2D eigenvalue weighted by Crippen LogP contribution is 2.51. The van der Waals surface area contributed by atoms with Crippen LogP contribution in [0.2, 0.25) is 0 Å². The molecule has 3 fully saturated rings. The van der Waals surface area contributed by atoms with Gasteiger partial charge in [0, 0.05) is 37.5 Å². The second kappa shape index (κ2) is 5.30. The number of nitrogens with zero attached hydrogens (tertiary/aromatic N) is 1. The molecule has 3 rings (SSSR count). The molecule has 4 nitrogen and oxygen atoms in total. The van der Waals surface area contributed by atoms with E-state index in [0.29, 0.717) is 12.5 Å². The maximum absolute atomic E-state index is 12.4. The fourth-order valence-corrected chi connectivity index (χ4v) is 4.32. The predicted octanol–water partition coefficient (Wildman–Crippen LogP) is 1.81. The molecule has 2 aliphatic carbocycles. The van der Waals surface area contributed by atoms with E-state index >= 15 is 0 Å². The lowest BCUT2D eigenvalue weighted by Gasteiger charge is -2.57. The molecule has 1 saturated heterocycles. The third-order valence-electron chi connectivity index (χ3n) is 5.84.